The van der Waals surface area contributed by atoms with E-state index in [2.05, 4.69) is 34.6 Å². The van der Waals surface area contributed by atoms with Crippen LogP contribution < -0.4 is 25.4 Å². The minimum atomic E-state index is -3.20. The van der Waals surface area contributed by atoms with Gasteiger partial charge in [-0.3, -0.25) is 15.1 Å². The lowest BCUT2D eigenvalue weighted by atomic mass is 10.2. The first-order valence-electron chi connectivity index (χ1n) is 13.5. The van der Waals surface area contributed by atoms with Crippen LogP contribution in [0, 0.1) is 11.6 Å². The van der Waals surface area contributed by atoms with E-state index in [0.29, 0.717) is 32.7 Å². The van der Waals surface area contributed by atoms with Crippen molar-refractivity contribution >= 4 is 29.1 Å². The van der Waals surface area contributed by atoms with E-state index >= 15 is 8.78 Å². The summed E-state index contributed by atoms with van der Waals surface area (Å²) in [4.78, 5) is 28.3. The second-order valence-corrected chi connectivity index (χ2v) is 10.0. The third-order valence-electron chi connectivity index (χ3n) is 7.25. The molecule has 41 heavy (non-hydrogen) atoms. The summed E-state index contributed by atoms with van der Waals surface area (Å²) in [6.07, 6.45) is -5.03. The van der Waals surface area contributed by atoms with Crippen LogP contribution in [0.3, 0.4) is 0 Å². The Bertz CT molecular complexity index is 1210. The molecule has 0 saturated carbocycles. The van der Waals surface area contributed by atoms with Gasteiger partial charge in [0.05, 0.1) is 32.0 Å². The van der Waals surface area contributed by atoms with Gasteiger partial charge >= 0.3 is 12.5 Å². The third-order valence-corrected chi connectivity index (χ3v) is 7.25. The van der Waals surface area contributed by atoms with Crippen LogP contribution in [0.4, 0.5) is 39.4 Å². The van der Waals surface area contributed by atoms with Gasteiger partial charge in [-0.1, -0.05) is 12.1 Å². The Labute approximate surface area is 234 Å². The van der Waals surface area contributed by atoms with Crippen molar-refractivity contribution in [1.29, 1.82) is 0 Å². The largest absolute Gasteiger partial charge is 0.442 e. The van der Waals surface area contributed by atoms with Crippen molar-refractivity contribution in [3.8, 4) is 0 Å². The Hall–Kier alpha value is -3.62. The van der Waals surface area contributed by atoms with E-state index in [1.54, 1.807) is 4.90 Å². The molecule has 5 rings (SSSR count). The van der Waals surface area contributed by atoms with Gasteiger partial charge in [-0.15, -0.1) is 0 Å². The standard InChI is InChI=1S/C27H32F4N6O4/c28-22-13-20(37-17-21(41-27(37)39)15-32-26(38)25(30)31)14-23(29)24(22)35-6-5-33-36(8-7-35)16-18-1-3-19(4-2-18)34-9-11-40-12-10-34/h1-4,13-14,21,25,33H,5-12,15-17H2,(H,32,38)/t21-/m0/s1. The third kappa shape index (κ3) is 7.00. The Morgan fingerprint density at radius 2 is 1.68 bits per heavy atom. The van der Waals surface area contributed by atoms with E-state index in [1.165, 1.54) is 0 Å². The fourth-order valence-electron chi connectivity index (χ4n) is 5.13. The Morgan fingerprint density at radius 1 is 0.976 bits per heavy atom. The number of carbonyl (C=O) groups excluding carboxylic acids is 2. The summed E-state index contributed by atoms with van der Waals surface area (Å²) >= 11 is 0. The van der Waals surface area contributed by atoms with Crippen LogP contribution in [-0.2, 0) is 20.8 Å². The topological polar surface area (TPSA) is 89.6 Å². The van der Waals surface area contributed by atoms with Crippen LogP contribution >= 0.6 is 0 Å². The van der Waals surface area contributed by atoms with Crippen LogP contribution in [0.2, 0.25) is 0 Å². The first-order chi connectivity index (χ1) is 19.8. The van der Waals surface area contributed by atoms with Crippen LogP contribution in [-0.4, -0.2) is 95.1 Å². The van der Waals surface area contributed by atoms with E-state index in [4.69, 9.17) is 9.47 Å². The van der Waals surface area contributed by atoms with Gasteiger partial charge in [0, 0.05) is 63.6 Å². The molecule has 0 spiro atoms. The molecule has 3 saturated heterocycles. The number of halogens is 4. The number of benzene rings is 2. The van der Waals surface area contributed by atoms with Crippen LogP contribution in [0.1, 0.15) is 5.56 Å². The summed E-state index contributed by atoms with van der Waals surface area (Å²) < 4.78 is 65.7. The van der Waals surface area contributed by atoms with Gasteiger partial charge in [0.2, 0.25) is 0 Å². The van der Waals surface area contributed by atoms with E-state index in [9.17, 15) is 18.4 Å². The van der Waals surface area contributed by atoms with Crippen molar-refractivity contribution < 1.29 is 36.6 Å². The molecule has 0 unspecified atom stereocenters. The molecule has 3 fully saturated rings. The summed E-state index contributed by atoms with van der Waals surface area (Å²) in [5.74, 6) is -3.17. The van der Waals surface area contributed by atoms with Gasteiger partial charge in [-0.2, -0.15) is 8.78 Å². The summed E-state index contributed by atoms with van der Waals surface area (Å²) in [6, 6.07) is 10.4. The van der Waals surface area contributed by atoms with Gasteiger partial charge in [-0.25, -0.2) is 18.6 Å². The van der Waals surface area contributed by atoms with Crippen LogP contribution in [0.15, 0.2) is 36.4 Å². The lowest BCUT2D eigenvalue weighted by Crippen LogP contribution is -2.38. The highest BCUT2D eigenvalue weighted by Gasteiger charge is 2.34. The summed E-state index contributed by atoms with van der Waals surface area (Å²) in [7, 11) is 0. The number of amides is 2. The fourth-order valence-corrected chi connectivity index (χ4v) is 5.13. The highest BCUT2D eigenvalue weighted by atomic mass is 19.3. The zero-order chi connectivity index (χ0) is 28.9. The average molecular weight is 581 g/mol. The molecule has 2 N–H and O–H groups in total. The van der Waals surface area contributed by atoms with Crippen molar-refractivity contribution in [3.05, 3.63) is 53.6 Å². The number of nitrogens with one attached hydrogen (secondary N) is 2. The zero-order valence-electron chi connectivity index (χ0n) is 22.3. The number of morpholine rings is 1. The van der Waals surface area contributed by atoms with Gasteiger partial charge in [-0.05, 0) is 17.7 Å². The number of alkyl halides is 2. The van der Waals surface area contributed by atoms with Crippen molar-refractivity contribution in [2.45, 2.75) is 19.1 Å². The molecule has 14 heteroatoms. The molecular weight excluding hydrogens is 548 g/mol. The number of hydrogen-bond acceptors (Lipinski definition) is 8. The molecule has 0 aliphatic carbocycles. The number of anilines is 3. The lowest BCUT2D eigenvalue weighted by Gasteiger charge is -2.29. The van der Waals surface area contributed by atoms with Crippen LogP contribution in [0.25, 0.3) is 0 Å². The first kappa shape index (κ1) is 28.9. The normalized spacial score (nSPS) is 20.4. The molecule has 10 nitrogen and oxygen atoms in total. The first-order valence-corrected chi connectivity index (χ1v) is 13.5. The predicted molar refractivity (Wildman–Crippen MR) is 143 cm³/mol. The van der Waals surface area contributed by atoms with Gasteiger partial charge in [0.1, 0.15) is 11.8 Å². The Balaban J connectivity index is 1.18. The maximum absolute atomic E-state index is 15.2. The number of cyclic esters (lactones) is 1. The smallest absolute Gasteiger partial charge is 0.414 e. The minimum Gasteiger partial charge on any atom is -0.442 e. The van der Waals surface area contributed by atoms with Gasteiger partial charge in [0.25, 0.3) is 5.91 Å². The van der Waals surface area contributed by atoms with E-state index in [-0.39, 0.29) is 24.5 Å². The van der Waals surface area contributed by atoms with Crippen molar-refractivity contribution in [3.63, 3.8) is 0 Å². The summed E-state index contributed by atoms with van der Waals surface area (Å²) in [5.41, 5.74) is 5.31. The summed E-state index contributed by atoms with van der Waals surface area (Å²) in [6.45, 7) is 4.99. The fraction of sp³-hybridized carbons (Fsp3) is 0.481. The van der Waals surface area contributed by atoms with Gasteiger partial charge in [0.15, 0.2) is 11.6 Å². The number of hydrogen-bond donors (Lipinski definition) is 2. The summed E-state index contributed by atoms with van der Waals surface area (Å²) in [5, 5.41) is 3.98. The van der Waals surface area contributed by atoms with Gasteiger partial charge < -0.3 is 24.6 Å². The molecule has 2 amide bonds. The molecule has 2 aromatic carbocycles. The number of hydrazine groups is 1. The second kappa shape index (κ2) is 12.9. The molecule has 0 radical (unpaired) electrons. The second-order valence-electron chi connectivity index (χ2n) is 10.0. The number of nitrogens with zero attached hydrogens (tertiary/aromatic N) is 4. The molecule has 222 valence electrons. The number of ether oxygens (including phenoxy) is 2. The predicted octanol–water partition coefficient (Wildman–Crippen LogP) is 2.33. The number of carbonyl (C=O) groups is 2. The van der Waals surface area contributed by atoms with Crippen molar-refractivity contribution in [1.82, 2.24) is 15.8 Å². The SMILES string of the molecule is O=C(NC[C@H]1CN(c2cc(F)c(N3CCNN(Cc4ccc(N5CCOCC5)cc4)CC3)c(F)c2)C(=O)O1)C(F)F. The van der Waals surface area contributed by atoms with Crippen molar-refractivity contribution in [2.24, 2.45) is 0 Å². The molecular formula is C27H32F4N6O4. The van der Waals surface area contributed by atoms with E-state index in [1.807, 2.05) is 10.3 Å². The van der Waals surface area contributed by atoms with Crippen LogP contribution in [0.5, 0.6) is 0 Å². The molecule has 3 heterocycles. The molecule has 0 aromatic heterocycles. The van der Waals surface area contributed by atoms with Crippen molar-refractivity contribution in [2.75, 3.05) is 80.3 Å². The molecule has 3 aliphatic rings. The Kier molecular flexibility index (Phi) is 9.10. The molecule has 3 aliphatic heterocycles. The molecule has 1 atom stereocenters. The van der Waals surface area contributed by atoms with E-state index < -0.39 is 36.2 Å². The highest BCUT2D eigenvalue weighted by Crippen LogP contribution is 2.31. The quantitative estimate of drug-likeness (QED) is 0.461. The molecule has 0 bridgehead atoms. The maximum Gasteiger partial charge on any atom is 0.414 e. The highest BCUT2D eigenvalue weighted by molar-refractivity contribution is 5.90. The average Bonchev–Trinajstić information content (AvgIpc) is 3.19. The number of rotatable bonds is 8. The zero-order valence-corrected chi connectivity index (χ0v) is 22.3. The maximum atomic E-state index is 15.2. The monoisotopic (exact) mass is 580 g/mol. The Morgan fingerprint density at radius 3 is 2.37 bits per heavy atom. The minimum absolute atomic E-state index is 0.0634. The molecule has 2 aromatic rings. The van der Waals surface area contributed by atoms with E-state index in [0.717, 1.165) is 54.6 Å². The lowest BCUT2D eigenvalue weighted by molar-refractivity contribution is -0.132.